The molecule has 42 valence electrons. The van der Waals surface area contributed by atoms with Gasteiger partial charge in [0, 0.05) is 5.56 Å². The van der Waals surface area contributed by atoms with Gasteiger partial charge in [-0.05, 0) is 6.07 Å². The van der Waals surface area contributed by atoms with E-state index >= 15 is 0 Å². The summed E-state index contributed by atoms with van der Waals surface area (Å²) in [7, 11) is 0. The highest BCUT2D eigenvalue weighted by Gasteiger charge is 1.92. The third-order valence-corrected chi connectivity index (χ3v) is 1.04. The van der Waals surface area contributed by atoms with Gasteiger partial charge < -0.3 is 10.2 Å². The van der Waals surface area contributed by atoms with Crippen LogP contribution in [0.5, 0.6) is 0 Å². The average Bonchev–Trinajstić information content (AvgIpc) is 2.12. The van der Waals surface area contributed by atoms with Crippen LogP contribution in [-0.2, 0) is 0 Å². The van der Waals surface area contributed by atoms with Crippen molar-refractivity contribution in [2.45, 2.75) is 0 Å². The fourth-order valence-electron chi connectivity index (χ4n) is 0.405. The van der Waals surface area contributed by atoms with Crippen LogP contribution in [0.25, 0.3) is 0 Å². The Labute approximate surface area is 52.3 Å². The molecule has 0 bridgehead atoms. The molecule has 1 rings (SSSR count). The summed E-state index contributed by atoms with van der Waals surface area (Å²) in [6, 6.07) is 1.72. The van der Waals surface area contributed by atoms with Crippen molar-refractivity contribution >= 4 is 17.2 Å². The molecule has 3 heteroatoms. The van der Waals surface area contributed by atoms with Crippen molar-refractivity contribution in [2.24, 2.45) is 5.73 Å². The van der Waals surface area contributed by atoms with E-state index in [-0.39, 0.29) is 0 Å². The van der Waals surface area contributed by atoms with Crippen molar-refractivity contribution in [2.75, 3.05) is 0 Å². The van der Waals surface area contributed by atoms with Crippen LogP contribution >= 0.6 is 12.2 Å². The second-order valence-corrected chi connectivity index (χ2v) is 1.82. The molecule has 8 heavy (non-hydrogen) atoms. The molecule has 0 unspecified atom stereocenters. The van der Waals surface area contributed by atoms with E-state index in [0.717, 1.165) is 5.56 Å². The molecule has 0 atom stereocenters. The lowest BCUT2D eigenvalue weighted by molar-refractivity contribution is 0.567. The van der Waals surface area contributed by atoms with Gasteiger partial charge in [-0.15, -0.1) is 0 Å². The van der Waals surface area contributed by atoms with Crippen LogP contribution in [0.3, 0.4) is 0 Å². The Morgan fingerprint density at radius 3 is 2.75 bits per heavy atom. The van der Waals surface area contributed by atoms with Crippen LogP contribution in [0.4, 0.5) is 0 Å². The van der Waals surface area contributed by atoms with E-state index in [1.807, 2.05) is 0 Å². The van der Waals surface area contributed by atoms with Gasteiger partial charge in [-0.25, -0.2) is 0 Å². The normalized spacial score (nSPS) is 9.00. The molecular formula is C5H5NOS. The van der Waals surface area contributed by atoms with Crippen LogP contribution < -0.4 is 5.73 Å². The van der Waals surface area contributed by atoms with Gasteiger partial charge in [-0.2, -0.15) is 0 Å². The van der Waals surface area contributed by atoms with E-state index < -0.39 is 0 Å². The first-order valence-electron chi connectivity index (χ1n) is 2.12. The summed E-state index contributed by atoms with van der Waals surface area (Å²) >= 11 is 4.63. The Hall–Kier alpha value is -0.830. The lowest BCUT2D eigenvalue weighted by Gasteiger charge is -1.83. The van der Waals surface area contributed by atoms with Gasteiger partial charge in [0.05, 0.1) is 6.26 Å². The summed E-state index contributed by atoms with van der Waals surface area (Å²) in [5.74, 6) is 0. The molecule has 0 aliphatic carbocycles. The molecule has 0 saturated carbocycles. The molecule has 1 heterocycles. The SMILES string of the molecule is NC(=S)c1ccoc1. The van der Waals surface area contributed by atoms with E-state index in [2.05, 4.69) is 12.2 Å². The summed E-state index contributed by atoms with van der Waals surface area (Å²) in [4.78, 5) is 0.374. The molecular weight excluding hydrogens is 122 g/mol. The smallest absolute Gasteiger partial charge is 0.107 e. The number of hydrogen-bond acceptors (Lipinski definition) is 2. The molecule has 1 aromatic heterocycles. The number of furan rings is 1. The van der Waals surface area contributed by atoms with Crippen LogP contribution in [0.2, 0.25) is 0 Å². The summed E-state index contributed by atoms with van der Waals surface area (Å²) in [6.45, 7) is 0. The lowest BCUT2D eigenvalue weighted by Crippen LogP contribution is -2.07. The summed E-state index contributed by atoms with van der Waals surface area (Å²) in [6.07, 6.45) is 3.05. The fourth-order valence-corrected chi connectivity index (χ4v) is 0.521. The number of hydrogen-bond donors (Lipinski definition) is 1. The van der Waals surface area contributed by atoms with Crippen molar-refractivity contribution in [1.82, 2.24) is 0 Å². The monoisotopic (exact) mass is 127 g/mol. The van der Waals surface area contributed by atoms with Crippen molar-refractivity contribution < 1.29 is 4.42 Å². The van der Waals surface area contributed by atoms with Crippen LogP contribution in [0.1, 0.15) is 5.56 Å². The molecule has 0 aliphatic heterocycles. The first-order chi connectivity index (χ1) is 3.80. The highest BCUT2D eigenvalue weighted by atomic mass is 32.1. The van der Waals surface area contributed by atoms with Gasteiger partial charge >= 0.3 is 0 Å². The molecule has 0 fully saturated rings. The third kappa shape index (κ3) is 0.869. The summed E-state index contributed by atoms with van der Waals surface area (Å²) < 4.78 is 4.71. The van der Waals surface area contributed by atoms with E-state index in [1.165, 1.54) is 12.5 Å². The third-order valence-electron chi connectivity index (χ3n) is 0.806. The Morgan fingerprint density at radius 1 is 1.75 bits per heavy atom. The molecule has 0 aromatic carbocycles. The van der Waals surface area contributed by atoms with Crippen molar-refractivity contribution in [3.8, 4) is 0 Å². The van der Waals surface area contributed by atoms with Crippen LogP contribution in [-0.4, -0.2) is 4.99 Å². The predicted octanol–water partition coefficient (Wildman–Crippen LogP) is 0.914. The van der Waals surface area contributed by atoms with E-state index in [0.29, 0.717) is 4.99 Å². The maximum absolute atomic E-state index is 5.23. The van der Waals surface area contributed by atoms with Crippen molar-refractivity contribution in [1.29, 1.82) is 0 Å². The van der Waals surface area contributed by atoms with Gasteiger partial charge in [-0.1, -0.05) is 12.2 Å². The van der Waals surface area contributed by atoms with E-state index in [4.69, 9.17) is 10.2 Å². The lowest BCUT2D eigenvalue weighted by atomic mass is 10.3. The molecule has 0 radical (unpaired) electrons. The molecule has 2 nitrogen and oxygen atoms in total. The molecule has 0 amide bonds. The number of nitrogens with two attached hydrogens (primary N) is 1. The van der Waals surface area contributed by atoms with Crippen LogP contribution in [0.15, 0.2) is 23.0 Å². The van der Waals surface area contributed by atoms with E-state index in [1.54, 1.807) is 6.07 Å². The van der Waals surface area contributed by atoms with Gasteiger partial charge in [-0.3, -0.25) is 0 Å². The van der Waals surface area contributed by atoms with Gasteiger partial charge in [0.1, 0.15) is 11.3 Å². The van der Waals surface area contributed by atoms with E-state index in [9.17, 15) is 0 Å². The van der Waals surface area contributed by atoms with Crippen molar-refractivity contribution in [3.05, 3.63) is 24.2 Å². The molecule has 1 aromatic rings. The maximum atomic E-state index is 5.23. The van der Waals surface area contributed by atoms with Gasteiger partial charge in [0.2, 0.25) is 0 Å². The first kappa shape index (κ1) is 5.31. The minimum Gasteiger partial charge on any atom is -0.472 e. The zero-order valence-corrected chi connectivity index (χ0v) is 4.94. The summed E-state index contributed by atoms with van der Waals surface area (Å²) in [5.41, 5.74) is 6.01. The van der Waals surface area contributed by atoms with Crippen LogP contribution in [0, 0.1) is 0 Å². The first-order valence-corrected chi connectivity index (χ1v) is 2.53. The highest BCUT2D eigenvalue weighted by Crippen LogP contribution is 1.97. The second kappa shape index (κ2) is 1.96. The second-order valence-electron chi connectivity index (χ2n) is 1.38. The zero-order chi connectivity index (χ0) is 5.98. The summed E-state index contributed by atoms with van der Waals surface area (Å²) in [5, 5.41) is 0. The average molecular weight is 127 g/mol. The Balaban J connectivity index is 2.93. The highest BCUT2D eigenvalue weighted by molar-refractivity contribution is 7.80. The zero-order valence-electron chi connectivity index (χ0n) is 4.13. The fraction of sp³-hybridized carbons (Fsp3) is 0. The number of rotatable bonds is 1. The minimum absolute atomic E-state index is 0.374. The molecule has 0 aliphatic rings. The predicted molar refractivity (Wildman–Crippen MR) is 34.6 cm³/mol. The Kier molecular flexibility index (Phi) is 1.30. The molecule has 2 N–H and O–H groups in total. The molecule has 0 saturated heterocycles. The van der Waals surface area contributed by atoms with Crippen molar-refractivity contribution in [3.63, 3.8) is 0 Å². The van der Waals surface area contributed by atoms with Gasteiger partial charge in [0.25, 0.3) is 0 Å². The largest absolute Gasteiger partial charge is 0.472 e. The maximum Gasteiger partial charge on any atom is 0.107 e. The number of thiocarbonyl (C=S) groups is 1. The Bertz CT molecular complexity index is 180. The topological polar surface area (TPSA) is 39.2 Å². The van der Waals surface area contributed by atoms with Gasteiger partial charge in [0.15, 0.2) is 0 Å². The molecule has 0 spiro atoms. The quantitative estimate of drug-likeness (QED) is 0.570. The standard InChI is InChI=1S/C5H5NOS/c6-5(8)4-1-2-7-3-4/h1-3H,(H2,6,8). The Morgan fingerprint density at radius 2 is 2.50 bits per heavy atom. The minimum atomic E-state index is 0.374.